The number of nitrogens with two attached hydrogens (primary N) is 1. The van der Waals surface area contributed by atoms with Gasteiger partial charge < -0.3 is 10.5 Å². The van der Waals surface area contributed by atoms with Gasteiger partial charge in [-0.05, 0) is 31.5 Å². The van der Waals surface area contributed by atoms with Crippen LogP contribution in [0.3, 0.4) is 0 Å². The van der Waals surface area contributed by atoms with Crippen LogP contribution in [-0.4, -0.2) is 39.0 Å². The Morgan fingerprint density at radius 2 is 2.00 bits per heavy atom. The normalized spacial score (nSPS) is 12.1. The highest BCUT2D eigenvalue weighted by Gasteiger charge is 2.24. The van der Waals surface area contributed by atoms with Gasteiger partial charge in [-0.2, -0.15) is 4.31 Å². The Kier molecular flexibility index (Phi) is 6.26. The summed E-state index contributed by atoms with van der Waals surface area (Å²) in [5, 5.41) is 0.351. The summed E-state index contributed by atoms with van der Waals surface area (Å²) in [7, 11) is -3.60. The van der Waals surface area contributed by atoms with E-state index in [1.165, 1.54) is 16.4 Å². The molecule has 1 rings (SSSR count). The molecule has 0 atom stereocenters. The van der Waals surface area contributed by atoms with Crippen molar-refractivity contribution in [1.29, 1.82) is 0 Å². The first-order valence-corrected chi connectivity index (χ1v) is 8.29. The van der Waals surface area contributed by atoms with Crippen molar-refractivity contribution in [2.45, 2.75) is 25.7 Å². The van der Waals surface area contributed by atoms with E-state index in [4.69, 9.17) is 22.1 Å². The number of hydrogen-bond donors (Lipinski definition) is 1. The summed E-state index contributed by atoms with van der Waals surface area (Å²) in [5.41, 5.74) is 6.84. The fourth-order valence-electron chi connectivity index (χ4n) is 1.73. The molecular formula is C13H21ClN2O3S. The van der Waals surface area contributed by atoms with E-state index in [0.717, 1.165) is 0 Å². The van der Waals surface area contributed by atoms with Crippen LogP contribution in [-0.2, 0) is 14.8 Å². The Hall–Kier alpha value is -0.820. The van der Waals surface area contributed by atoms with E-state index >= 15 is 0 Å². The molecule has 0 aliphatic carbocycles. The quantitative estimate of drug-likeness (QED) is 0.618. The lowest BCUT2D eigenvalue weighted by Crippen LogP contribution is -2.34. The zero-order valence-corrected chi connectivity index (χ0v) is 13.6. The van der Waals surface area contributed by atoms with Crippen molar-refractivity contribution in [3.05, 3.63) is 22.7 Å². The molecule has 7 heteroatoms. The van der Waals surface area contributed by atoms with E-state index in [9.17, 15) is 8.42 Å². The first-order valence-electron chi connectivity index (χ1n) is 6.48. The molecule has 0 aromatic heterocycles. The van der Waals surface area contributed by atoms with Crippen molar-refractivity contribution in [2.24, 2.45) is 0 Å². The number of sulfonamides is 1. The largest absolute Gasteiger partial charge is 0.398 e. The Labute approximate surface area is 125 Å². The van der Waals surface area contributed by atoms with Crippen LogP contribution in [0.4, 0.5) is 5.69 Å². The summed E-state index contributed by atoms with van der Waals surface area (Å²) < 4.78 is 31.6. The standard InChI is InChI=1S/C13H21ClN2O3S/c1-4-16(6-7-19-5-2)20(17,18)11-8-12(14)10(3)13(15)9-11/h8-9H,4-7,15H2,1-3H3. The van der Waals surface area contributed by atoms with Gasteiger partial charge in [-0.3, -0.25) is 0 Å². The van der Waals surface area contributed by atoms with Crippen molar-refractivity contribution >= 4 is 27.3 Å². The van der Waals surface area contributed by atoms with Gasteiger partial charge in [0.25, 0.3) is 0 Å². The van der Waals surface area contributed by atoms with Crippen LogP contribution in [0.15, 0.2) is 17.0 Å². The molecule has 114 valence electrons. The summed E-state index contributed by atoms with van der Waals surface area (Å²) in [4.78, 5) is 0.115. The van der Waals surface area contributed by atoms with Gasteiger partial charge >= 0.3 is 0 Å². The molecule has 5 nitrogen and oxygen atoms in total. The zero-order chi connectivity index (χ0) is 15.3. The third-order valence-electron chi connectivity index (χ3n) is 3.04. The van der Waals surface area contributed by atoms with Crippen LogP contribution >= 0.6 is 11.6 Å². The SMILES string of the molecule is CCOCCN(CC)S(=O)(=O)c1cc(N)c(C)c(Cl)c1. The Bertz CT molecular complexity index is 538. The van der Waals surface area contributed by atoms with Gasteiger partial charge in [0.05, 0.1) is 11.5 Å². The minimum atomic E-state index is -3.60. The van der Waals surface area contributed by atoms with Crippen molar-refractivity contribution in [3.63, 3.8) is 0 Å². The lowest BCUT2D eigenvalue weighted by molar-refractivity contribution is 0.135. The molecule has 0 saturated heterocycles. The molecule has 0 unspecified atom stereocenters. The maximum Gasteiger partial charge on any atom is 0.243 e. The first-order chi connectivity index (χ1) is 9.34. The molecule has 2 N–H and O–H groups in total. The van der Waals surface area contributed by atoms with Gasteiger partial charge in [0, 0.05) is 30.4 Å². The van der Waals surface area contributed by atoms with Crippen molar-refractivity contribution in [3.8, 4) is 0 Å². The second-order valence-electron chi connectivity index (χ2n) is 4.31. The number of halogens is 1. The summed E-state index contributed by atoms with van der Waals surface area (Å²) in [6, 6.07) is 2.88. The van der Waals surface area contributed by atoms with Gasteiger partial charge in [-0.1, -0.05) is 18.5 Å². The summed E-state index contributed by atoms with van der Waals surface area (Å²) in [5.74, 6) is 0. The fourth-order valence-corrected chi connectivity index (χ4v) is 3.52. The molecule has 0 aliphatic rings. The average molecular weight is 321 g/mol. The van der Waals surface area contributed by atoms with E-state index in [1.807, 2.05) is 6.92 Å². The van der Waals surface area contributed by atoms with Gasteiger partial charge in [-0.25, -0.2) is 8.42 Å². The maximum atomic E-state index is 12.5. The predicted molar refractivity (Wildman–Crippen MR) is 81.5 cm³/mol. The first kappa shape index (κ1) is 17.2. The highest BCUT2D eigenvalue weighted by molar-refractivity contribution is 7.89. The highest BCUT2D eigenvalue weighted by Crippen LogP contribution is 2.27. The van der Waals surface area contributed by atoms with Gasteiger partial charge in [0.1, 0.15) is 0 Å². The molecule has 1 aromatic carbocycles. The number of benzene rings is 1. The topological polar surface area (TPSA) is 72.6 Å². The lowest BCUT2D eigenvalue weighted by Gasteiger charge is -2.21. The number of nitrogens with zero attached hydrogens (tertiary/aromatic N) is 1. The van der Waals surface area contributed by atoms with E-state index in [1.54, 1.807) is 13.8 Å². The van der Waals surface area contributed by atoms with Crippen LogP contribution in [0, 0.1) is 6.92 Å². The van der Waals surface area contributed by atoms with Crippen LogP contribution in [0.2, 0.25) is 5.02 Å². The van der Waals surface area contributed by atoms with E-state index in [0.29, 0.717) is 42.6 Å². The number of nitrogen functional groups attached to an aromatic ring is 1. The Morgan fingerprint density at radius 3 is 2.50 bits per heavy atom. The van der Waals surface area contributed by atoms with E-state index in [2.05, 4.69) is 0 Å². The van der Waals surface area contributed by atoms with Gasteiger partial charge in [0.2, 0.25) is 10.0 Å². The number of likely N-dealkylation sites (N-methyl/N-ethyl adjacent to an activating group) is 1. The Balaban J connectivity index is 3.08. The van der Waals surface area contributed by atoms with Crippen molar-refractivity contribution in [1.82, 2.24) is 4.31 Å². The summed E-state index contributed by atoms with van der Waals surface area (Å²) in [6.07, 6.45) is 0. The molecule has 0 fully saturated rings. The third-order valence-corrected chi connectivity index (χ3v) is 5.38. The van der Waals surface area contributed by atoms with Gasteiger partial charge in [-0.15, -0.1) is 0 Å². The van der Waals surface area contributed by atoms with E-state index < -0.39 is 10.0 Å². The summed E-state index contributed by atoms with van der Waals surface area (Å²) >= 11 is 6.01. The molecule has 0 aliphatic heterocycles. The molecule has 1 aromatic rings. The Morgan fingerprint density at radius 1 is 1.35 bits per heavy atom. The van der Waals surface area contributed by atoms with Crippen LogP contribution < -0.4 is 5.73 Å². The number of hydrogen-bond acceptors (Lipinski definition) is 4. The molecular weight excluding hydrogens is 300 g/mol. The number of anilines is 1. The monoisotopic (exact) mass is 320 g/mol. The molecule has 0 amide bonds. The number of rotatable bonds is 7. The van der Waals surface area contributed by atoms with Crippen LogP contribution in [0.1, 0.15) is 19.4 Å². The minimum Gasteiger partial charge on any atom is -0.398 e. The summed E-state index contributed by atoms with van der Waals surface area (Å²) in [6.45, 7) is 6.98. The van der Waals surface area contributed by atoms with Crippen molar-refractivity contribution < 1.29 is 13.2 Å². The minimum absolute atomic E-state index is 0.115. The smallest absolute Gasteiger partial charge is 0.243 e. The third kappa shape index (κ3) is 3.85. The number of ether oxygens (including phenoxy) is 1. The second-order valence-corrected chi connectivity index (χ2v) is 6.66. The molecule has 0 bridgehead atoms. The highest BCUT2D eigenvalue weighted by atomic mass is 35.5. The predicted octanol–water partition coefficient (Wildman–Crippen LogP) is 2.28. The lowest BCUT2D eigenvalue weighted by atomic mass is 10.2. The molecule has 0 saturated carbocycles. The maximum absolute atomic E-state index is 12.5. The molecule has 0 heterocycles. The zero-order valence-electron chi connectivity index (χ0n) is 12.0. The molecule has 20 heavy (non-hydrogen) atoms. The van der Waals surface area contributed by atoms with Crippen LogP contribution in [0.25, 0.3) is 0 Å². The fraction of sp³-hybridized carbons (Fsp3) is 0.538. The van der Waals surface area contributed by atoms with Gasteiger partial charge in [0.15, 0.2) is 0 Å². The van der Waals surface area contributed by atoms with Crippen LogP contribution in [0.5, 0.6) is 0 Å². The molecule has 0 radical (unpaired) electrons. The molecule has 0 spiro atoms. The van der Waals surface area contributed by atoms with Crippen molar-refractivity contribution in [2.75, 3.05) is 32.0 Å². The van der Waals surface area contributed by atoms with E-state index in [-0.39, 0.29) is 4.90 Å². The second kappa shape index (κ2) is 7.26. The average Bonchev–Trinajstić information content (AvgIpc) is 2.40.